The fourth-order valence-electron chi connectivity index (χ4n) is 2.45. The van der Waals surface area contributed by atoms with Crippen molar-refractivity contribution in [1.29, 1.82) is 0 Å². The number of rotatable bonds is 4. The highest BCUT2D eigenvalue weighted by atomic mass is 16.5. The lowest BCUT2D eigenvalue weighted by Gasteiger charge is -2.35. The Morgan fingerprint density at radius 3 is 2.68 bits per heavy atom. The van der Waals surface area contributed by atoms with Crippen LogP contribution in [0.2, 0.25) is 0 Å². The normalized spacial score (nSPS) is 24.4. The van der Waals surface area contributed by atoms with Crippen LogP contribution in [0, 0.1) is 0 Å². The highest BCUT2D eigenvalue weighted by Crippen LogP contribution is 2.11. The van der Waals surface area contributed by atoms with Gasteiger partial charge in [0.05, 0.1) is 31.6 Å². The van der Waals surface area contributed by atoms with E-state index in [0.29, 0.717) is 13.1 Å². The maximum Gasteiger partial charge on any atom is 0.236 e. The number of ether oxygens (including phenoxy) is 1. The van der Waals surface area contributed by atoms with Gasteiger partial charge < -0.3 is 14.1 Å². The van der Waals surface area contributed by atoms with Crippen molar-refractivity contribution in [2.24, 2.45) is 0 Å². The molecule has 106 valence electrons. The molecule has 5 nitrogen and oxygen atoms in total. The minimum atomic E-state index is 0.109. The summed E-state index contributed by atoms with van der Waals surface area (Å²) in [5.74, 6) is 0.914. The number of furan rings is 1. The molecular weight excluding hydrogens is 244 g/mol. The summed E-state index contributed by atoms with van der Waals surface area (Å²) in [5, 5.41) is 0. The molecule has 1 saturated heterocycles. The van der Waals surface area contributed by atoms with E-state index < -0.39 is 0 Å². The van der Waals surface area contributed by atoms with Crippen LogP contribution in [0.15, 0.2) is 22.8 Å². The SMILES string of the molecule is CC1CN(CC(=O)N(C)Cc2ccco2)CC(C)O1. The quantitative estimate of drug-likeness (QED) is 0.825. The summed E-state index contributed by atoms with van der Waals surface area (Å²) in [4.78, 5) is 16.0. The van der Waals surface area contributed by atoms with Crippen LogP contribution in [-0.2, 0) is 16.1 Å². The predicted octanol–water partition coefficient (Wildman–Crippen LogP) is 1.35. The summed E-state index contributed by atoms with van der Waals surface area (Å²) in [7, 11) is 1.80. The zero-order valence-corrected chi connectivity index (χ0v) is 11.8. The second-order valence-electron chi connectivity index (χ2n) is 5.28. The maximum atomic E-state index is 12.2. The van der Waals surface area contributed by atoms with E-state index in [0.717, 1.165) is 18.8 Å². The van der Waals surface area contributed by atoms with Crippen molar-refractivity contribution in [2.45, 2.75) is 32.6 Å². The van der Waals surface area contributed by atoms with E-state index in [1.165, 1.54) is 0 Å². The van der Waals surface area contributed by atoms with Crippen LogP contribution in [0.4, 0.5) is 0 Å². The number of carbonyl (C=O) groups is 1. The molecule has 2 unspecified atom stereocenters. The first-order valence-corrected chi connectivity index (χ1v) is 6.68. The molecule has 0 aliphatic carbocycles. The Morgan fingerprint density at radius 2 is 2.11 bits per heavy atom. The average Bonchev–Trinajstić information content (AvgIpc) is 2.80. The van der Waals surface area contributed by atoms with Crippen LogP contribution in [0.1, 0.15) is 19.6 Å². The molecule has 19 heavy (non-hydrogen) atoms. The number of hydrogen-bond acceptors (Lipinski definition) is 4. The Bertz CT molecular complexity index is 395. The topological polar surface area (TPSA) is 45.9 Å². The number of nitrogens with zero attached hydrogens (tertiary/aromatic N) is 2. The van der Waals surface area contributed by atoms with E-state index in [9.17, 15) is 4.79 Å². The van der Waals surface area contributed by atoms with Gasteiger partial charge in [-0.25, -0.2) is 0 Å². The zero-order valence-electron chi connectivity index (χ0n) is 11.8. The molecule has 1 aromatic heterocycles. The van der Waals surface area contributed by atoms with Gasteiger partial charge in [-0.15, -0.1) is 0 Å². The molecule has 0 bridgehead atoms. The molecule has 0 aromatic carbocycles. The Hall–Kier alpha value is -1.33. The third kappa shape index (κ3) is 4.08. The lowest BCUT2D eigenvalue weighted by Crippen LogP contribution is -2.49. The monoisotopic (exact) mass is 266 g/mol. The molecule has 2 rings (SSSR count). The summed E-state index contributed by atoms with van der Waals surface area (Å²) >= 11 is 0. The maximum absolute atomic E-state index is 12.2. The molecule has 5 heteroatoms. The third-order valence-corrected chi connectivity index (χ3v) is 3.25. The number of morpholine rings is 1. The number of likely N-dealkylation sites (N-methyl/N-ethyl adjacent to an activating group) is 1. The van der Waals surface area contributed by atoms with Crippen LogP contribution < -0.4 is 0 Å². The highest BCUT2D eigenvalue weighted by Gasteiger charge is 2.24. The van der Waals surface area contributed by atoms with Gasteiger partial charge in [0, 0.05) is 20.1 Å². The van der Waals surface area contributed by atoms with Gasteiger partial charge in [-0.2, -0.15) is 0 Å². The number of amides is 1. The summed E-state index contributed by atoms with van der Waals surface area (Å²) in [6, 6.07) is 3.71. The van der Waals surface area contributed by atoms with E-state index in [-0.39, 0.29) is 18.1 Å². The molecule has 1 aromatic rings. The summed E-state index contributed by atoms with van der Waals surface area (Å²) < 4.78 is 10.9. The Morgan fingerprint density at radius 1 is 1.42 bits per heavy atom. The van der Waals surface area contributed by atoms with Crippen molar-refractivity contribution in [1.82, 2.24) is 9.80 Å². The van der Waals surface area contributed by atoms with Gasteiger partial charge in [-0.3, -0.25) is 9.69 Å². The van der Waals surface area contributed by atoms with Crippen molar-refractivity contribution in [3.63, 3.8) is 0 Å². The molecule has 0 N–H and O–H groups in total. The predicted molar refractivity (Wildman–Crippen MR) is 71.6 cm³/mol. The second kappa shape index (κ2) is 6.21. The Kier molecular flexibility index (Phi) is 4.61. The average molecular weight is 266 g/mol. The molecule has 1 aliphatic heterocycles. The van der Waals surface area contributed by atoms with Crippen LogP contribution in [0.3, 0.4) is 0 Å². The number of carbonyl (C=O) groups excluding carboxylic acids is 1. The largest absolute Gasteiger partial charge is 0.467 e. The number of hydrogen-bond donors (Lipinski definition) is 0. The van der Waals surface area contributed by atoms with Crippen LogP contribution in [-0.4, -0.2) is 54.6 Å². The molecule has 2 atom stereocenters. The van der Waals surface area contributed by atoms with Gasteiger partial charge in [-0.1, -0.05) is 0 Å². The van der Waals surface area contributed by atoms with Crippen molar-refractivity contribution in [3.8, 4) is 0 Å². The smallest absolute Gasteiger partial charge is 0.236 e. The van der Waals surface area contributed by atoms with Gasteiger partial charge >= 0.3 is 0 Å². The summed E-state index contributed by atoms with van der Waals surface area (Å²) in [6.45, 7) is 6.66. The fraction of sp³-hybridized carbons (Fsp3) is 0.643. The van der Waals surface area contributed by atoms with Crippen LogP contribution in [0.5, 0.6) is 0 Å². The standard InChI is InChI=1S/C14H22N2O3/c1-11-7-16(8-12(2)19-11)10-14(17)15(3)9-13-5-4-6-18-13/h4-6,11-12H,7-10H2,1-3H3. The molecule has 0 saturated carbocycles. The first-order chi connectivity index (χ1) is 9.04. The fourth-order valence-corrected chi connectivity index (χ4v) is 2.45. The minimum Gasteiger partial charge on any atom is -0.467 e. The third-order valence-electron chi connectivity index (χ3n) is 3.25. The highest BCUT2D eigenvalue weighted by molar-refractivity contribution is 5.77. The van der Waals surface area contributed by atoms with E-state index >= 15 is 0 Å². The van der Waals surface area contributed by atoms with E-state index in [1.807, 2.05) is 26.0 Å². The molecule has 1 fully saturated rings. The molecular formula is C14H22N2O3. The Labute approximate surface area is 114 Å². The summed E-state index contributed by atoms with van der Waals surface area (Å²) in [5.41, 5.74) is 0. The van der Waals surface area contributed by atoms with Crippen molar-refractivity contribution < 1.29 is 13.9 Å². The second-order valence-corrected chi connectivity index (χ2v) is 5.28. The van der Waals surface area contributed by atoms with Gasteiger partial charge in [0.2, 0.25) is 5.91 Å². The lowest BCUT2D eigenvalue weighted by atomic mass is 10.2. The molecule has 0 radical (unpaired) electrons. The first-order valence-electron chi connectivity index (χ1n) is 6.68. The van der Waals surface area contributed by atoms with Gasteiger partial charge in [0.1, 0.15) is 5.76 Å². The van der Waals surface area contributed by atoms with E-state index in [4.69, 9.17) is 9.15 Å². The van der Waals surface area contributed by atoms with E-state index in [2.05, 4.69) is 4.90 Å². The van der Waals surface area contributed by atoms with Gasteiger partial charge in [-0.05, 0) is 26.0 Å². The van der Waals surface area contributed by atoms with Crippen LogP contribution >= 0.6 is 0 Å². The summed E-state index contributed by atoms with van der Waals surface area (Å²) in [6.07, 6.45) is 2.00. The molecule has 0 spiro atoms. The Balaban J connectivity index is 1.82. The molecule has 2 heterocycles. The van der Waals surface area contributed by atoms with Crippen molar-refractivity contribution in [2.75, 3.05) is 26.7 Å². The minimum absolute atomic E-state index is 0.109. The lowest BCUT2D eigenvalue weighted by molar-refractivity contribution is -0.135. The van der Waals surface area contributed by atoms with E-state index in [1.54, 1.807) is 18.2 Å². The van der Waals surface area contributed by atoms with Crippen molar-refractivity contribution in [3.05, 3.63) is 24.2 Å². The van der Waals surface area contributed by atoms with Gasteiger partial charge in [0.15, 0.2) is 0 Å². The zero-order chi connectivity index (χ0) is 13.8. The first kappa shape index (κ1) is 14.1. The molecule has 1 aliphatic rings. The van der Waals surface area contributed by atoms with Crippen molar-refractivity contribution >= 4 is 5.91 Å². The molecule has 1 amide bonds. The van der Waals surface area contributed by atoms with Crippen LogP contribution in [0.25, 0.3) is 0 Å². The van der Waals surface area contributed by atoms with Gasteiger partial charge in [0.25, 0.3) is 0 Å².